The minimum Gasteiger partial charge on any atom is -0.457 e. The SMILES string of the molecule is C=C(C)C(=O)NC(=O)O[C@H]1CO[C@H]2[C@@H]1OC[C@H]2OC(C)=O. The van der Waals surface area contributed by atoms with Crippen molar-refractivity contribution < 1.29 is 33.3 Å². The number of imide groups is 1. The molecule has 0 aromatic heterocycles. The molecule has 2 aliphatic rings. The quantitative estimate of drug-likeness (QED) is 0.574. The lowest BCUT2D eigenvalue weighted by atomic mass is 10.1. The topological polar surface area (TPSA) is 100 Å². The van der Waals surface area contributed by atoms with Crippen LogP contribution >= 0.6 is 0 Å². The summed E-state index contributed by atoms with van der Waals surface area (Å²) in [6, 6.07) is 0. The summed E-state index contributed by atoms with van der Waals surface area (Å²) in [5.41, 5.74) is 0.194. The van der Waals surface area contributed by atoms with Crippen LogP contribution in [0, 0.1) is 0 Å². The number of esters is 1. The zero-order valence-electron chi connectivity index (χ0n) is 11.8. The lowest BCUT2D eigenvalue weighted by Gasteiger charge is -2.16. The molecule has 21 heavy (non-hydrogen) atoms. The second kappa shape index (κ2) is 6.23. The molecule has 2 amide bonds. The largest absolute Gasteiger partial charge is 0.457 e. The van der Waals surface area contributed by atoms with E-state index in [1.807, 2.05) is 5.32 Å². The molecule has 2 fully saturated rings. The summed E-state index contributed by atoms with van der Waals surface area (Å²) >= 11 is 0. The van der Waals surface area contributed by atoms with Gasteiger partial charge in [0.1, 0.15) is 12.2 Å². The van der Waals surface area contributed by atoms with Gasteiger partial charge in [0.05, 0.1) is 13.2 Å². The second-order valence-electron chi connectivity index (χ2n) is 4.92. The van der Waals surface area contributed by atoms with E-state index in [9.17, 15) is 14.4 Å². The van der Waals surface area contributed by atoms with Gasteiger partial charge in [0.15, 0.2) is 12.2 Å². The van der Waals surface area contributed by atoms with Crippen molar-refractivity contribution in [1.82, 2.24) is 5.32 Å². The van der Waals surface area contributed by atoms with Crippen molar-refractivity contribution in [2.24, 2.45) is 0 Å². The first-order valence-corrected chi connectivity index (χ1v) is 6.46. The fraction of sp³-hybridized carbons (Fsp3) is 0.615. The highest BCUT2D eigenvalue weighted by molar-refractivity contribution is 6.01. The summed E-state index contributed by atoms with van der Waals surface area (Å²) < 4.78 is 21.1. The monoisotopic (exact) mass is 299 g/mol. The van der Waals surface area contributed by atoms with Crippen molar-refractivity contribution in [2.45, 2.75) is 38.3 Å². The third kappa shape index (κ3) is 3.59. The lowest BCUT2D eigenvalue weighted by molar-refractivity contribution is -0.151. The molecule has 0 aromatic rings. The number of rotatable bonds is 3. The Hall–Kier alpha value is -1.93. The normalized spacial score (nSPS) is 30.4. The van der Waals surface area contributed by atoms with Crippen molar-refractivity contribution in [3.8, 4) is 0 Å². The number of hydrogen-bond acceptors (Lipinski definition) is 7. The second-order valence-corrected chi connectivity index (χ2v) is 4.92. The summed E-state index contributed by atoms with van der Waals surface area (Å²) in [6.07, 6.45) is -3.05. The highest BCUT2D eigenvalue weighted by Gasteiger charge is 2.51. The number of ether oxygens (including phenoxy) is 4. The molecule has 2 rings (SSSR count). The van der Waals surface area contributed by atoms with Crippen molar-refractivity contribution in [1.29, 1.82) is 0 Å². The predicted molar refractivity (Wildman–Crippen MR) is 68.3 cm³/mol. The Balaban J connectivity index is 1.87. The van der Waals surface area contributed by atoms with Gasteiger partial charge in [-0.2, -0.15) is 0 Å². The molecule has 0 radical (unpaired) electrons. The summed E-state index contributed by atoms with van der Waals surface area (Å²) in [5, 5.41) is 2.03. The Kier molecular flexibility index (Phi) is 4.59. The summed E-state index contributed by atoms with van der Waals surface area (Å²) in [5.74, 6) is -1.04. The molecular weight excluding hydrogens is 282 g/mol. The van der Waals surface area contributed by atoms with E-state index in [0.29, 0.717) is 0 Å². The van der Waals surface area contributed by atoms with Crippen LogP contribution in [0.4, 0.5) is 4.79 Å². The molecule has 0 spiro atoms. The molecule has 116 valence electrons. The maximum atomic E-state index is 11.6. The van der Waals surface area contributed by atoms with Crippen LogP contribution in [-0.4, -0.2) is 55.6 Å². The smallest absolute Gasteiger partial charge is 0.414 e. The molecular formula is C13H17NO7. The van der Waals surface area contributed by atoms with E-state index in [0.717, 1.165) is 0 Å². The Morgan fingerprint density at radius 1 is 1.05 bits per heavy atom. The van der Waals surface area contributed by atoms with Gasteiger partial charge in [-0.15, -0.1) is 0 Å². The Morgan fingerprint density at radius 3 is 2.05 bits per heavy atom. The number of hydrogen-bond donors (Lipinski definition) is 1. The Bertz CT molecular complexity index is 475. The van der Waals surface area contributed by atoms with Gasteiger partial charge in [-0.05, 0) is 6.92 Å². The van der Waals surface area contributed by atoms with Crippen molar-refractivity contribution >= 4 is 18.0 Å². The minimum atomic E-state index is -0.892. The van der Waals surface area contributed by atoms with Gasteiger partial charge in [0.25, 0.3) is 5.91 Å². The average molecular weight is 299 g/mol. The highest BCUT2D eigenvalue weighted by atomic mass is 16.7. The van der Waals surface area contributed by atoms with Crippen LogP contribution in [0.3, 0.4) is 0 Å². The van der Waals surface area contributed by atoms with Crippen molar-refractivity contribution in [2.75, 3.05) is 13.2 Å². The number of carbonyl (C=O) groups is 3. The van der Waals surface area contributed by atoms with E-state index in [-0.39, 0.29) is 18.8 Å². The van der Waals surface area contributed by atoms with Crippen LogP contribution in [0.15, 0.2) is 12.2 Å². The van der Waals surface area contributed by atoms with Gasteiger partial charge in [-0.25, -0.2) is 4.79 Å². The van der Waals surface area contributed by atoms with Gasteiger partial charge in [0, 0.05) is 12.5 Å². The van der Waals surface area contributed by atoms with Crippen LogP contribution in [0.5, 0.6) is 0 Å². The Labute approximate surface area is 121 Å². The van der Waals surface area contributed by atoms with Crippen LogP contribution in [0.25, 0.3) is 0 Å². The van der Waals surface area contributed by atoms with E-state index in [1.54, 1.807) is 0 Å². The molecule has 2 heterocycles. The van der Waals surface area contributed by atoms with Gasteiger partial charge in [0.2, 0.25) is 0 Å². The first kappa shape index (κ1) is 15.5. The fourth-order valence-electron chi connectivity index (χ4n) is 2.21. The van der Waals surface area contributed by atoms with Crippen molar-refractivity contribution in [3.63, 3.8) is 0 Å². The van der Waals surface area contributed by atoms with E-state index in [2.05, 4.69) is 6.58 Å². The molecule has 0 aromatic carbocycles. The number of nitrogens with one attached hydrogen (secondary N) is 1. The van der Waals surface area contributed by atoms with E-state index < -0.39 is 42.4 Å². The predicted octanol–water partition coefficient (Wildman–Crippen LogP) is -0.0868. The van der Waals surface area contributed by atoms with Gasteiger partial charge in [-0.3, -0.25) is 14.9 Å². The molecule has 0 saturated carbocycles. The molecule has 8 nitrogen and oxygen atoms in total. The molecule has 1 N–H and O–H groups in total. The third-order valence-electron chi connectivity index (χ3n) is 3.14. The molecule has 2 saturated heterocycles. The number of amides is 2. The molecule has 0 aliphatic carbocycles. The molecule has 0 unspecified atom stereocenters. The van der Waals surface area contributed by atoms with Crippen LogP contribution in [0.1, 0.15) is 13.8 Å². The zero-order chi connectivity index (χ0) is 15.6. The fourth-order valence-corrected chi connectivity index (χ4v) is 2.21. The van der Waals surface area contributed by atoms with Crippen LogP contribution in [-0.2, 0) is 28.5 Å². The molecule has 4 atom stereocenters. The van der Waals surface area contributed by atoms with Gasteiger partial charge in [-0.1, -0.05) is 6.58 Å². The van der Waals surface area contributed by atoms with Gasteiger partial charge >= 0.3 is 12.1 Å². The standard InChI is InChI=1S/C13H17NO7/c1-6(2)12(16)14-13(17)21-9-5-19-10-8(20-7(3)15)4-18-11(9)10/h8-11H,1,4-5H2,2-3H3,(H,14,16,17)/t8-,9+,10-,11-/m1/s1. The van der Waals surface area contributed by atoms with Crippen LogP contribution in [0.2, 0.25) is 0 Å². The third-order valence-corrected chi connectivity index (χ3v) is 3.14. The summed E-state index contributed by atoms with van der Waals surface area (Å²) in [4.78, 5) is 33.8. The van der Waals surface area contributed by atoms with Crippen molar-refractivity contribution in [3.05, 3.63) is 12.2 Å². The Morgan fingerprint density at radius 2 is 1.57 bits per heavy atom. The summed E-state index contributed by atoms with van der Waals surface area (Å²) in [7, 11) is 0. The number of carbonyl (C=O) groups excluding carboxylic acids is 3. The first-order valence-electron chi connectivity index (χ1n) is 6.46. The first-order chi connectivity index (χ1) is 9.88. The lowest BCUT2D eigenvalue weighted by Crippen LogP contribution is -2.39. The molecule has 0 bridgehead atoms. The minimum absolute atomic E-state index is 0.113. The maximum absolute atomic E-state index is 11.6. The highest BCUT2D eigenvalue weighted by Crippen LogP contribution is 2.30. The number of fused-ring (bicyclic) bond motifs is 1. The molecule has 8 heteroatoms. The van der Waals surface area contributed by atoms with E-state index in [1.165, 1.54) is 13.8 Å². The van der Waals surface area contributed by atoms with E-state index in [4.69, 9.17) is 18.9 Å². The molecule has 2 aliphatic heterocycles. The van der Waals surface area contributed by atoms with Gasteiger partial charge < -0.3 is 18.9 Å². The van der Waals surface area contributed by atoms with E-state index >= 15 is 0 Å². The maximum Gasteiger partial charge on any atom is 0.414 e. The van der Waals surface area contributed by atoms with Crippen LogP contribution < -0.4 is 5.32 Å². The zero-order valence-corrected chi connectivity index (χ0v) is 11.8. The number of alkyl carbamates (subject to hydrolysis) is 1. The summed E-state index contributed by atoms with van der Waals surface area (Å²) in [6.45, 7) is 6.48. The average Bonchev–Trinajstić information content (AvgIpc) is 2.93.